The van der Waals surface area contributed by atoms with Crippen LogP contribution >= 0.6 is 0 Å². The molecule has 7 nitrogen and oxygen atoms in total. The second kappa shape index (κ2) is 6.85. The number of aryl methyl sites for hydroxylation is 2. The normalized spacial score (nSPS) is 10.6. The number of hydrogen-bond acceptors (Lipinski definition) is 5. The molecule has 21 heavy (non-hydrogen) atoms. The van der Waals surface area contributed by atoms with E-state index in [0.717, 1.165) is 16.9 Å². The van der Waals surface area contributed by atoms with Crippen LogP contribution < -0.4 is 11.1 Å². The van der Waals surface area contributed by atoms with E-state index in [2.05, 4.69) is 15.6 Å². The number of nitrogens with one attached hydrogen (secondary N) is 1. The van der Waals surface area contributed by atoms with Crippen LogP contribution in [0.5, 0.6) is 0 Å². The number of nitrogens with two attached hydrogens (primary N) is 1. The third-order valence-corrected chi connectivity index (χ3v) is 3.10. The number of amides is 1. The van der Waals surface area contributed by atoms with Crippen molar-refractivity contribution in [2.45, 2.75) is 26.4 Å². The maximum atomic E-state index is 11.1. The van der Waals surface area contributed by atoms with Gasteiger partial charge in [0.2, 0.25) is 5.91 Å². The maximum absolute atomic E-state index is 11.1. The summed E-state index contributed by atoms with van der Waals surface area (Å²) in [6.45, 7) is 3.23. The minimum absolute atomic E-state index is 0.138. The summed E-state index contributed by atoms with van der Waals surface area (Å²) < 4.78 is 1.70. The van der Waals surface area contributed by atoms with E-state index in [-0.39, 0.29) is 6.61 Å². The van der Waals surface area contributed by atoms with E-state index in [1.807, 2.05) is 19.2 Å². The van der Waals surface area contributed by atoms with E-state index in [9.17, 15) is 4.79 Å². The number of primary amides is 1. The zero-order valence-electron chi connectivity index (χ0n) is 11.9. The molecule has 0 aliphatic carbocycles. The van der Waals surface area contributed by atoms with Gasteiger partial charge in [0.05, 0.1) is 12.7 Å². The summed E-state index contributed by atoms with van der Waals surface area (Å²) in [6, 6.07) is 5.27. The molecule has 2 rings (SSSR count). The van der Waals surface area contributed by atoms with Crippen LogP contribution in [-0.2, 0) is 13.1 Å². The third-order valence-electron chi connectivity index (χ3n) is 3.10. The molecule has 7 heteroatoms. The fraction of sp³-hybridized carbons (Fsp3) is 0.357. The number of rotatable bonds is 7. The molecule has 1 heterocycles. The fourth-order valence-electron chi connectivity index (χ4n) is 1.96. The van der Waals surface area contributed by atoms with Gasteiger partial charge in [-0.25, -0.2) is 0 Å². The Labute approximate surface area is 122 Å². The molecule has 1 aromatic heterocycles. The summed E-state index contributed by atoms with van der Waals surface area (Å²) in [4.78, 5) is 11.1. The topological polar surface area (TPSA) is 106 Å². The highest BCUT2D eigenvalue weighted by molar-refractivity contribution is 5.93. The molecule has 1 amide bonds. The molecule has 0 saturated carbocycles. The molecule has 1 aromatic carbocycles. The number of aliphatic hydroxyl groups is 1. The predicted octanol–water partition coefficient (Wildman–Crippen LogP) is 0.680. The highest BCUT2D eigenvalue weighted by Crippen LogP contribution is 2.17. The van der Waals surface area contributed by atoms with E-state index in [0.29, 0.717) is 25.1 Å². The van der Waals surface area contributed by atoms with Crippen molar-refractivity contribution in [1.82, 2.24) is 15.0 Å². The molecule has 112 valence electrons. The van der Waals surface area contributed by atoms with Crippen molar-refractivity contribution in [3.8, 4) is 0 Å². The molecule has 0 unspecified atom stereocenters. The smallest absolute Gasteiger partial charge is 0.248 e. The molecule has 0 aliphatic heterocycles. The van der Waals surface area contributed by atoms with Crippen LogP contribution in [0.4, 0.5) is 5.69 Å². The van der Waals surface area contributed by atoms with Gasteiger partial charge in [0.15, 0.2) is 0 Å². The van der Waals surface area contributed by atoms with Crippen molar-refractivity contribution in [3.63, 3.8) is 0 Å². The minimum atomic E-state index is -0.434. The van der Waals surface area contributed by atoms with Crippen LogP contribution in [-0.4, -0.2) is 32.6 Å². The van der Waals surface area contributed by atoms with Gasteiger partial charge in [0, 0.05) is 24.4 Å². The second-order valence-corrected chi connectivity index (χ2v) is 4.80. The lowest BCUT2D eigenvalue weighted by atomic mass is 10.1. The molecule has 0 saturated heterocycles. The van der Waals surface area contributed by atoms with Crippen molar-refractivity contribution in [2.24, 2.45) is 5.73 Å². The lowest BCUT2D eigenvalue weighted by Gasteiger charge is -2.08. The maximum Gasteiger partial charge on any atom is 0.248 e. The summed E-state index contributed by atoms with van der Waals surface area (Å²) >= 11 is 0. The largest absolute Gasteiger partial charge is 0.396 e. The van der Waals surface area contributed by atoms with Gasteiger partial charge in [-0.15, -0.1) is 5.10 Å². The van der Waals surface area contributed by atoms with Crippen LogP contribution in [0.3, 0.4) is 0 Å². The molecule has 4 N–H and O–H groups in total. The molecular formula is C14H19N5O2. The van der Waals surface area contributed by atoms with Gasteiger partial charge in [0.25, 0.3) is 0 Å². The van der Waals surface area contributed by atoms with E-state index in [1.54, 1.807) is 16.8 Å². The summed E-state index contributed by atoms with van der Waals surface area (Å²) in [5, 5.41) is 20.1. The summed E-state index contributed by atoms with van der Waals surface area (Å²) in [6.07, 6.45) is 2.50. The highest BCUT2D eigenvalue weighted by Gasteiger charge is 2.05. The average molecular weight is 289 g/mol. The van der Waals surface area contributed by atoms with Gasteiger partial charge in [-0.1, -0.05) is 5.21 Å². The molecule has 0 spiro atoms. The van der Waals surface area contributed by atoms with Crippen LogP contribution in [0.25, 0.3) is 0 Å². The Bertz CT molecular complexity index is 624. The molecule has 0 atom stereocenters. The van der Waals surface area contributed by atoms with Crippen LogP contribution in [0.15, 0.2) is 24.4 Å². The number of anilines is 1. The van der Waals surface area contributed by atoms with Gasteiger partial charge >= 0.3 is 0 Å². The number of nitrogens with zero attached hydrogens (tertiary/aromatic N) is 3. The zero-order valence-corrected chi connectivity index (χ0v) is 11.9. The number of aromatic nitrogens is 3. The quantitative estimate of drug-likeness (QED) is 0.695. The van der Waals surface area contributed by atoms with Crippen molar-refractivity contribution in [2.75, 3.05) is 11.9 Å². The first-order chi connectivity index (χ1) is 10.1. The van der Waals surface area contributed by atoms with Crippen molar-refractivity contribution < 1.29 is 9.90 Å². The first kappa shape index (κ1) is 15.0. The van der Waals surface area contributed by atoms with Gasteiger partial charge in [0.1, 0.15) is 5.69 Å². The molecule has 0 bridgehead atoms. The van der Waals surface area contributed by atoms with Gasteiger partial charge in [-0.05, 0) is 37.1 Å². The van der Waals surface area contributed by atoms with Crippen molar-refractivity contribution in [3.05, 3.63) is 41.2 Å². The van der Waals surface area contributed by atoms with E-state index in [1.165, 1.54) is 0 Å². The average Bonchev–Trinajstić information content (AvgIpc) is 2.91. The Morgan fingerprint density at radius 2 is 2.29 bits per heavy atom. The van der Waals surface area contributed by atoms with Crippen molar-refractivity contribution >= 4 is 11.6 Å². The standard InChI is InChI=1S/C14H19N5O2/c1-10-7-11(14(15)21)3-4-13(10)16-8-12-9-19(18-17-12)5-2-6-20/h3-4,7,9,16,20H,2,5-6,8H2,1H3,(H2,15,21). The fourth-order valence-corrected chi connectivity index (χ4v) is 1.96. The SMILES string of the molecule is Cc1cc(C(N)=O)ccc1NCc1cn(CCCO)nn1. The van der Waals surface area contributed by atoms with E-state index in [4.69, 9.17) is 10.8 Å². The Kier molecular flexibility index (Phi) is 4.89. The minimum Gasteiger partial charge on any atom is -0.396 e. The van der Waals surface area contributed by atoms with Gasteiger partial charge in [-0.3, -0.25) is 9.48 Å². The number of aliphatic hydroxyl groups excluding tert-OH is 1. The lowest BCUT2D eigenvalue weighted by molar-refractivity contribution is 0.1000. The summed E-state index contributed by atoms with van der Waals surface area (Å²) in [7, 11) is 0. The number of hydrogen-bond donors (Lipinski definition) is 3. The molecule has 0 fully saturated rings. The highest BCUT2D eigenvalue weighted by atomic mass is 16.3. The Morgan fingerprint density at radius 1 is 1.48 bits per heavy atom. The molecule has 2 aromatic rings. The summed E-state index contributed by atoms with van der Waals surface area (Å²) in [5.41, 5.74) is 8.41. The molecule has 0 aliphatic rings. The van der Waals surface area contributed by atoms with Crippen LogP contribution in [0, 0.1) is 6.92 Å². The van der Waals surface area contributed by atoms with E-state index < -0.39 is 5.91 Å². The number of carbonyl (C=O) groups excluding carboxylic acids is 1. The van der Waals surface area contributed by atoms with E-state index >= 15 is 0 Å². The predicted molar refractivity (Wildman–Crippen MR) is 78.7 cm³/mol. The summed E-state index contributed by atoms with van der Waals surface area (Å²) in [5.74, 6) is -0.434. The third kappa shape index (κ3) is 4.03. The zero-order chi connectivity index (χ0) is 15.2. The number of benzene rings is 1. The van der Waals surface area contributed by atoms with Crippen molar-refractivity contribution in [1.29, 1.82) is 0 Å². The van der Waals surface area contributed by atoms with Gasteiger partial charge in [-0.2, -0.15) is 0 Å². The first-order valence-corrected chi connectivity index (χ1v) is 6.74. The number of carbonyl (C=O) groups is 1. The Balaban J connectivity index is 1.96. The van der Waals surface area contributed by atoms with Crippen LogP contribution in [0.1, 0.15) is 28.0 Å². The van der Waals surface area contributed by atoms with Crippen LogP contribution in [0.2, 0.25) is 0 Å². The van der Waals surface area contributed by atoms with Gasteiger partial charge < -0.3 is 16.2 Å². The monoisotopic (exact) mass is 289 g/mol. The molecule has 0 radical (unpaired) electrons. The second-order valence-electron chi connectivity index (χ2n) is 4.80. The Morgan fingerprint density at radius 3 is 2.95 bits per heavy atom. The Hall–Kier alpha value is -2.41. The first-order valence-electron chi connectivity index (χ1n) is 6.74. The lowest BCUT2D eigenvalue weighted by Crippen LogP contribution is -2.11. The molecular weight excluding hydrogens is 270 g/mol.